The fraction of sp³-hybridized carbons (Fsp3) is 0.529. The lowest BCUT2D eigenvalue weighted by Crippen LogP contribution is -2.44. The summed E-state index contributed by atoms with van der Waals surface area (Å²) in [6, 6.07) is 3.00. The van der Waals surface area contributed by atoms with Crippen molar-refractivity contribution in [2.24, 2.45) is 0 Å². The Morgan fingerprint density at radius 3 is 2.09 bits per heavy atom. The van der Waals surface area contributed by atoms with Gasteiger partial charge in [0.15, 0.2) is 0 Å². The van der Waals surface area contributed by atoms with Crippen molar-refractivity contribution in [3.63, 3.8) is 0 Å². The van der Waals surface area contributed by atoms with Crippen LogP contribution in [0.25, 0.3) is 0 Å². The van der Waals surface area contributed by atoms with Gasteiger partial charge in [-0.2, -0.15) is 0 Å². The third-order valence-electron chi connectivity index (χ3n) is 3.24. The zero-order valence-electron chi connectivity index (χ0n) is 14.1. The number of rotatable bonds is 4. The monoisotopic (exact) mass is 307 g/mol. The highest BCUT2D eigenvalue weighted by molar-refractivity contribution is 5.80. The Kier molecular flexibility index (Phi) is 5.58. The molecule has 5 heteroatoms. The van der Waals surface area contributed by atoms with Gasteiger partial charge in [0.2, 0.25) is 0 Å². The average Bonchev–Trinajstić information content (AvgIpc) is 2.29. The molecule has 0 aliphatic rings. The van der Waals surface area contributed by atoms with E-state index < -0.39 is 23.7 Å². The number of benzene rings is 1. The first-order chi connectivity index (χ1) is 9.99. The lowest BCUT2D eigenvalue weighted by molar-refractivity contribution is -0.139. The molecule has 1 aromatic carbocycles. The second-order valence-electron chi connectivity index (χ2n) is 6.62. The molecule has 1 atom stereocenters. The first-order valence-corrected chi connectivity index (χ1v) is 7.28. The van der Waals surface area contributed by atoms with Crippen LogP contribution in [-0.2, 0) is 16.0 Å². The maximum absolute atomic E-state index is 11.8. The Bertz CT molecular complexity index is 550. The summed E-state index contributed by atoms with van der Waals surface area (Å²) in [6.45, 7) is 11.1. The molecular weight excluding hydrogens is 282 g/mol. The molecule has 0 heterocycles. The van der Waals surface area contributed by atoms with Crippen molar-refractivity contribution in [1.29, 1.82) is 0 Å². The number of alkyl carbamates (subject to hydrolysis) is 1. The van der Waals surface area contributed by atoms with Crippen molar-refractivity contribution >= 4 is 12.1 Å². The number of hydrogen-bond donors (Lipinski definition) is 2. The largest absolute Gasteiger partial charge is 0.480 e. The van der Waals surface area contributed by atoms with Crippen LogP contribution in [0.3, 0.4) is 0 Å². The maximum Gasteiger partial charge on any atom is 0.408 e. The first kappa shape index (κ1) is 18.0. The lowest BCUT2D eigenvalue weighted by atomic mass is 9.94. The van der Waals surface area contributed by atoms with Gasteiger partial charge in [-0.05, 0) is 58.2 Å². The van der Waals surface area contributed by atoms with Crippen molar-refractivity contribution in [3.8, 4) is 0 Å². The minimum absolute atomic E-state index is 0.229. The quantitative estimate of drug-likeness (QED) is 0.896. The lowest BCUT2D eigenvalue weighted by Gasteiger charge is -2.23. The molecule has 0 saturated heterocycles. The van der Waals surface area contributed by atoms with Gasteiger partial charge in [0.1, 0.15) is 11.6 Å². The summed E-state index contributed by atoms with van der Waals surface area (Å²) in [5.74, 6) is -1.08. The zero-order valence-corrected chi connectivity index (χ0v) is 14.1. The van der Waals surface area contributed by atoms with Crippen LogP contribution in [0.15, 0.2) is 12.1 Å². The number of carboxylic acid groups (broad SMARTS) is 1. The van der Waals surface area contributed by atoms with Crippen molar-refractivity contribution in [1.82, 2.24) is 5.32 Å². The second-order valence-corrected chi connectivity index (χ2v) is 6.62. The van der Waals surface area contributed by atoms with E-state index in [1.165, 1.54) is 0 Å². The molecule has 0 unspecified atom stereocenters. The van der Waals surface area contributed by atoms with Crippen LogP contribution in [0, 0.1) is 20.8 Å². The molecule has 5 nitrogen and oxygen atoms in total. The molecule has 1 amide bonds. The van der Waals surface area contributed by atoms with E-state index in [2.05, 4.69) is 5.32 Å². The number of ether oxygens (including phenoxy) is 1. The maximum atomic E-state index is 11.8. The van der Waals surface area contributed by atoms with E-state index in [9.17, 15) is 14.7 Å². The Balaban J connectivity index is 2.90. The van der Waals surface area contributed by atoms with Crippen molar-refractivity contribution < 1.29 is 19.4 Å². The Labute approximate surface area is 131 Å². The van der Waals surface area contributed by atoms with Gasteiger partial charge >= 0.3 is 12.1 Å². The number of carbonyl (C=O) groups excluding carboxylic acids is 1. The van der Waals surface area contributed by atoms with E-state index in [-0.39, 0.29) is 6.42 Å². The summed E-state index contributed by atoms with van der Waals surface area (Å²) in [4.78, 5) is 23.2. The molecule has 0 saturated carbocycles. The fourth-order valence-corrected chi connectivity index (χ4v) is 2.39. The number of carbonyl (C=O) groups is 2. The topological polar surface area (TPSA) is 75.6 Å². The molecule has 0 fully saturated rings. The Morgan fingerprint density at radius 1 is 1.18 bits per heavy atom. The number of amides is 1. The predicted octanol–water partition coefficient (Wildman–Crippen LogP) is 3.13. The van der Waals surface area contributed by atoms with Crippen molar-refractivity contribution in [2.45, 2.75) is 59.6 Å². The highest BCUT2D eigenvalue weighted by Crippen LogP contribution is 2.18. The number of nitrogens with one attached hydrogen (secondary N) is 1. The summed E-state index contributed by atoms with van der Waals surface area (Å²) < 4.78 is 5.12. The molecule has 1 rings (SSSR count). The van der Waals surface area contributed by atoms with Gasteiger partial charge in [0.25, 0.3) is 0 Å². The third-order valence-corrected chi connectivity index (χ3v) is 3.24. The molecule has 0 aliphatic heterocycles. The van der Waals surface area contributed by atoms with Gasteiger partial charge in [-0.15, -0.1) is 0 Å². The molecule has 0 radical (unpaired) electrons. The van der Waals surface area contributed by atoms with Crippen LogP contribution in [-0.4, -0.2) is 28.8 Å². The van der Waals surface area contributed by atoms with E-state index >= 15 is 0 Å². The van der Waals surface area contributed by atoms with Gasteiger partial charge in [0, 0.05) is 6.42 Å². The molecule has 1 aromatic rings. The normalized spacial score (nSPS) is 12.6. The highest BCUT2D eigenvalue weighted by atomic mass is 16.6. The molecule has 122 valence electrons. The van der Waals surface area contributed by atoms with Crippen LogP contribution in [0.5, 0.6) is 0 Å². The number of aliphatic carboxylic acids is 1. The summed E-state index contributed by atoms with van der Waals surface area (Å²) in [6.07, 6.45) is -0.491. The highest BCUT2D eigenvalue weighted by Gasteiger charge is 2.25. The Hall–Kier alpha value is -2.04. The number of hydrogen-bond acceptors (Lipinski definition) is 3. The molecule has 0 spiro atoms. The average molecular weight is 307 g/mol. The minimum Gasteiger partial charge on any atom is -0.480 e. The van der Waals surface area contributed by atoms with E-state index in [4.69, 9.17) is 4.74 Å². The van der Waals surface area contributed by atoms with Crippen LogP contribution >= 0.6 is 0 Å². The molecule has 0 bridgehead atoms. The summed E-state index contributed by atoms with van der Waals surface area (Å²) in [5, 5.41) is 11.8. The van der Waals surface area contributed by atoms with Crippen LogP contribution in [0.4, 0.5) is 4.79 Å². The van der Waals surface area contributed by atoms with Gasteiger partial charge in [-0.1, -0.05) is 17.7 Å². The molecular formula is C17H25NO4. The number of aryl methyl sites for hydroxylation is 3. The van der Waals surface area contributed by atoms with Crippen molar-refractivity contribution in [3.05, 3.63) is 34.4 Å². The van der Waals surface area contributed by atoms with Crippen molar-refractivity contribution in [2.75, 3.05) is 0 Å². The molecule has 2 N–H and O–H groups in total. The van der Waals surface area contributed by atoms with E-state index in [1.54, 1.807) is 20.8 Å². The second kappa shape index (κ2) is 6.81. The summed E-state index contributed by atoms with van der Waals surface area (Å²) in [5.41, 5.74) is 3.45. The first-order valence-electron chi connectivity index (χ1n) is 7.28. The van der Waals surface area contributed by atoms with Gasteiger partial charge < -0.3 is 15.2 Å². The molecule has 0 aliphatic carbocycles. The number of carboxylic acids is 1. The molecule has 22 heavy (non-hydrogen) atoms. The minimum atomic E-state index is -1.08. The summed E-state index contributed by atoms with van der Waals surface area (Å²) in [7, 11) is 0. The van der Waals surface area contributed by atoms with E-state index in [1.807, 2.05) is 32.9 Å². The van der Waals surface area contributed by atoms with E-state index in [0.29, 0.717) is 0 Å². The third kappa shape index (κ3) is 5.39. The fourth-order valence-electron chi connectivity index (χ4n) is 2.39. The summed E-state index contributed by atoms with van der Waals surface area (Å²) >= 11 is 0. The van der Waals surface area contributed by atoms with E-state index in [0.717, 1.165) is 22.3 Å². The van der Waals surface area contributed by atoms with Gasteiger partial charge in [0.05, 0.1) is 0 Å². The predicted molar refractivity (Wildman–Crippen MR) is 85.2 cm³/mol. The zero-order chi connectivity index (χ0) is 17.1. The molecule has 0 aromatic heterocycles. The van der Waals surface area contributed by atoms with Crippen LogP contribution < -0.4 is 5.32 Å². The van der Waals surface area contributed by atoms with Crippen LogP contribution in [0.1, 0.15) is 43.0 Å². The SMILES string of the molecule is Cc1cc(C)c(C[C@@H](NC(=O)OC(C)(C)C)C(=O)O)c(C)c1. The Morgan fingerprint density at radius 2 is 1.68 bits per heavy atom. The van der Waals surface area contributed by atoms with Crippen LogP contribution in [0.2, 0.25) is 0 Å². The standard InChI is InChI=1S/C17H25NO4/c1-10-7-11(2)13(12(3)8-10)9-14(15(19)20)18-16(21)22-17(4,5)6/h7-8,14H,9H2,1-6H3,(H,18,21)(H,19,20)/t14-/m1/s1. The van der Waals surface area contributed by atoms with Gasteiger partial charge in [-0.25, -0.2) is 9.59 Å². The smallest absolute Gasteiger partial charge is 0.408 e. The van der Waals surface area contributed by atoms with Gasteiger partial charge in [-0.3, -0.25) is 0 Å².